The van der Waals surface area contributed by atoms with Crippen molar-refractivity contribution in [2.45, 2.75) is 79.1 Å². The van der Waals surface area contributed by atoms with E-state index in [0.29, 0.717) is 4.90 Å². The van der Waals surface area contributed by atoms with Crippen LogP contribution in [0.3, 0.4) is 0 Å². The zero-order valence-corrected chi connectivity index (χ0v) is 18.5. The van der Waals surface area contributed by atoms with Gasteiger partial charge in [0, 0.05) is 12.4 Å². The van der Waals surface area contributed by atoms with E-state index >= 15 is 0 Å². The van der Waals surface area contributed by atoms with Gasteiger partial charge < -0.3 is 14.2 Å². The number of hydrogen-bond donors (Lipinski definition) is 0. The third-order valence-electron chi connectivity index (χ3n) is 2.65. The molecule has 0 aliphatic heterocycles. The molecule has 0 unspecified atom stereocenters. The van der Waals surface area contributed by atoms with E-state index in [-0.39, 0.29) is 0 Å². The van der Waals surface area contributed by atoms with Gasteiger partial charge in [0.15, 0.2) is 0 Å². The maximum Gasteiger partial charge on any atom is 0.437 e. The quantitative estimate of drug-likeness (QED) is 0.358. The maximum absolute atomic E-state index is 12.8. The van der Waals surface area contributed by atoms with Gasteiger partial charge in [0.1, 0.15) is 16.8 Å². The Balaban J connectivity index is 3.48. The van der Waals surface area contributed by atoms with E-state index in [4.69, 9.17) is 14.2 Å². The zero-order chi connectivity index (χ0) is 22.6. The number of nitrogens with zero attached hydrogens (tertiary/aromatic N) is 4. The summed E-state index contributed by atoms with van der Waals surface area (Å²) < 4.78 is 16.9. The average Bonchev–Trinajstić information content (AvgIpc) is 2.93. The summed E-state index contributed by atoms with van der Waals surface area (Å²) in [5.74, 6) is -0.437. The summed E-state index contributed by atoms with van der Waals surface area (Å²) in [6, 6.07) is 1.53. The Morgan fingerprint density at radius 2 is 1.28 bits per heavy atom. The Bertz CT molecular complexity index is 736. The van der Waals surface area contributed by atoms with Crippen LogP contribution in [0.2, 0.25) is 0 Å². The molecule has 29 heavy (non-hydrogen) atoms. The van der Waals surface area contributed by atoms with Gasteiger partial charge >= 0.3 is 18.3 Å². The van der Waals surface area contributed by atoms with Crippen LogP contribution in [0.1, 0.15) is 62.3 Å². The third-order valence-corrected chi connectivity index (χ3v) is 2.65. The van der Waals surface area contributed by atoms with Gasteiger partial charge in [0.05, 0.1) is 0 Å². The summed E-state index contributed by atoms with van der Waals surface area (Å²) >= 11 is 0. The zero-order valence-electron chi connectivity index (χ0n) is 18.5. The van der Waals surface area contributed by atoms with Crippen LogP contribution >= 0.6 is 0 Å². The molecule has 0 saturated heterocycles. The summed E-state index contributed by atoms with van der Waals surface area (Å²) in [7, 11) is 0. The van der Waals surface area contributed by atoms with E-state index in [0.717, 1.165) is 4.68 Å². The number of rotatable bonds is 0. The van der Waals surface area contributed by atoms with Crippen LogP contribution < -0.4 is 0 Å². The Labute approximate surface area is 170 Å². The highest BCUT2D eigenvalue weighted by Gasteiger charge is 2.37. The van der Waals surface area contributed by atoms with E-state index in [2.05, 4.69) is 10.1 Å². The van der Waals surface area contributed by atoms with Crippen LogP contribution in [0.4, 0.5) is 14.4 Å². The lowest BCUT2D eigenvalue weighted by Crippen LogP contribution is -2.49. The average molecular weight is 410 g/mol. The van der Waals surface area contributed by atoms with Crippen molar-refractivity contribution in [3.63, 3.8) is 0 Å². The molecule has 0 radical (unpaired) electrons. The predicted octanol–water partition coefficient (Wildman–Crippen LogP) is 4.19. The standard InChI is InChI=1S/C19H30N4O6/c1-17(2,3)27-14(24)21-13(22-12-10-11-20-22)23(15(25)28-18(4,5)6)16(26)29-19(7,8)9/h10-12H,1-9H3/b21-13-. The second kappa shape index (κ2) is 8.62. The molecule has 1 aromatic rings. The summed E-state index contributed by atoms with van der Waals surface area (Å²) in [6.45, 7) is 14.8. The van der Waals surface area contributed by atoms with Crippen molar-refractivity contribution < 1.29 is 28.6 Å². The first-order valence-electron chi connectivity index (χ1n) is 9.06. The lowest BCUT2D eigenvalue weighted by molar-refractivity contribution is 0.0140. The first-order valence-corrected chi connectivity index (χ1v) is 9.06. The van der Waals surface area contributed by atoms with Gasteiger partial charge in [0.2, 0.25) is 0 Å². The molecule has 0 spiro atoms. The molecule has 1 heterocycles. The maximum atomic E-state index is 12.8. The summed E-state index contributed by atoms with van der Waals surface area (Å²) in [5.41, 5.74) is -2.67. The van der Waals surface area contributed by atoms with Gasteiger partial charge in [-0.1, -0.05) is 0 Å². The highest BCUT2D eigenvalue weighted by Crippen LogP contribution is 2.16. The van der Waals surface area contributed by atoms with E-state index in [9.17, 15) is 14.4 Å². The van der Waals surface area contributed by atoms with E-state index in [1.165, 1.54) is 18.5 Å². The molecule has 0 fully saturated rings. The van der Waals surface area contributed by atoms with Gasteiger partial charge in [0.25, 0.3) is 5.96 Å². The van der Waals surface area contributed by atoms with Gasteiger partial charge in [-0.2, -0.15) is 5.10 Å². The van der Waals surface area contributed by atoms with Crippen LogP contribution in [0.25, 0.3) is 0 Å². The summed E-state index contributed by atoms with van der Waals surface area (Å²) in [6.07, 6.45) is -0.369. The monoisotopic (exact) mass is 410 g/mol. The number of aromatic nitrogens is 2. The molecule has 0 saturated carbocycles. The highest BCUT2D eigenvalue weighted by molar-refractivity contribution is 6.10. The van der Waals surface area contributed by atoms with Crippen molar-refractivity contribution in [2.24, 2.45) is 4.99 Å². The van der Waals surface area contributed by atoms with Crippen molar-refractivity contribution >= 4 is 24.2 Å². The molecular formula is C19H30N4O6. The number of carbonyl (C=O) groups is 3. The smallest absolute Gasteiger partial charge is 0.437 e. The number of carbonyl (C=O) groups excluding carboxylic acids is 3. The molecule has 162 valence electrons. The van der Waals surface area contributed by atoms with Crippen LogP contribution in [0, 0.1) is 0 Å². The summed E-state index contributed by atoms with van der Waals surface area (Å²) in [5, 5.41) is 3.97. The van der Waals surface area contributed by atoms with Gasteiger partial charge in [-0.05, 0) is 68.4 Å². The lowest BCUT2D eigenvalue weighted by atomic mass is 10.2. The van der Waals surface area contributed by atoms with E-state index in [1.807, 2.05) is 0 Å². The molecule has 0 atom stereocenters. The lowest BCUT2D eigenvalue weighted by Gasteiger charge is -2.28. The highest BCUT2D eigenvalue weighted by atomic mass is 16.6. The number of imide groups is 1. The van der Waals surface area contributed by atoms with Gasteiger partial charge in [-0.25, -0.2) is 19.1 Å². The molecule has 3 amide bonds. The number of ether oxygens (including phenoxy) is 3. The first kappa shape index (κ1) is 24.1. The minimum atomic E-state index is -1.08. The van der Waals surface area contributed by atoms with Gasteiger partial charge in [-0.15, -0.1) is 9.89 Å². The minimum Gasteiger partial charge on any atom is -0.443 e. The molecule has 10 nitrogen and oxygen atoms in total. The predicted molar refractivity (Wildman–Crippen MR) is 106 cm³/mol. The Hall–Kier alpha value is -2.91. The molecule has 10 heteroatoms. The molecule has 0 aliphatic rings. The molecule has 1 aromatic heterocycles. The normalized spacial score (nSPS) is 12.9. The van der Waals surface area contributed by atoms with Crippen LogP contribution in [-0.4, -0.2) is 55.7 Å². The fourth-order valence-electron chi connectivity index (χ4n) is 1.81. The number of aliphatic imine (C=N–C) groups is 1. The topological polar surface area (TPSA) is 112 Å². The van der Waals surface area contributed by atoms with Crippen molar-refractivity contribution in [1.82, 2.24) is 14.7 Å². The molecular weight excluding hydrogens is 380 g/mol. The van der Waals surface area contributed by atoms with Crippen molar-refractivity contribution in [3.05, 3.63) is 18.5 Å². The number of hydrogen-bond acceptors (Lipinski definition) is 7. The Morgan fingerprint density at radius 3 is 1.62 bits per heavy atom. The molecule has 1 rings (SSSR count). The van der Waals surface area contributed by atoms with Crippen LogP contribution in [0.15, 0.2) is 23.5 Å². The van der Waals surface area contributed by atoms with Crippen LogP contribution in [0.5, 0.6) is 0 Å². The largest absolute Gasteiger partial charge is 0.443 e. The van der Waals surface area contributed by atoms with Crippen molar-refractivity contribution in [2.75, 3.05) is 0 Å². The van der Waals surface area contributed by atoms with E-state index in [1.54, 1.807) is 62.3 Å². The summed E-state index contributed by atoms with van der Waals surface area (Å²) in [4.78, 5) is 42.2. The minimum absolute atomic E-state index is 0.437. The van der Waals surface area contributed by atoms with Crippen molar-refractivity contribution in [1.29, 1.82) is 0 Å². The SMILES string of the molecule is CC(C)(C)OC(=O)/N=C(\N(C(=O)OC(C)(C)C)C(=O)OC(C)(C)C)n1cccn1. The number of amides is 3. The Kier molecular flexibility index (Phi) is 7.18. The third kappa shape index (κ3) is 8.75. The first-order chi connectivity index (χ1) is 13.0. The Morgan fingerprint density at radius 1 is 0.828 bits per heavy atom. The molecule has 0 aromatic carbocycles. The second-order valence-corrected chi connectivity index (χ2v) is 9.14. The molecule has 0 bridgehead atoms. The second-order valence-electron chi connectivity index (χ2n) is 9.14. The fourth-order valence-corrected chi connectivity index (χ4v) is 1.81. The van der Waals surface area contributed by atoms with E-state index < -0.39 is 41.0 Å². The molecule has 0 aliphatic carbocycles. The molecule has 0 N–H and O–H groups in total. The van der Waals surface area contributed by atoms with Gasteiger partial charge in [-0.3, -0.25) is 0 Å². The van der Waals surface area contributed by atoms with Crippen molar-refractivity contribution in [3.8, 4) is 0 Å². The van der Waals surface area contributed by atoms with Crippen LogP contribution in [-0.2, 0) is 14.2 Å². The fraction of sp³-hybridized carbons (Fsp3) is 0.632.